The summed E-state index contributed by atoms with van der Waals surface area (Å²) >= 11 is 0.627. The van der Waals surface area contributed by atoms with Crippen LogP contribution in [0, 0.1) is 0 Å². The Morgan fingerprint density at radius 2 is 2.12 bits per heavy atom. The molecule has 1 N–H and O–H groups in total. The quantitative estimate of drug-likeness (QED) is 0.538. The normalized spacial score (nSPS) is 15.9. The Balaban J connectivity index is 3.75. The second-order valence-corrected chi connectivity index (χ2v) is 7.65. The van der Waals surface area contributed by atoms with E-state index in [0.717, 1.165) is 0 Å². The summed E-state index contributed by atoms with van der Waals surface area (Å²) in [7, 11) is -3.68. The van der Waals surface area contributed by atoms with Gasteiger partial charge in [0.25, 0.3) is 0 Å². The maximum atomic E-state index is 10.0. The van der Waals surface area contributed by atoms with E-state index < -0.39 is 10.1 Å². The van der Waals surface area contributed by atoms with Gasteiger partial charge in [0.2, 0.25) is 0 Å². The van der Waals surface area contributed by atoms with Crippen molar-refractivity contribution in [3.63, 3.8) is 0 Å². The minimum absolute atomic E-state index is 0.0718. The molecule has 0 aliphatic rings. The van der Waals surface area contributed by atoms with Crippen molar-refractivity contribution in [2.75, 3.05) is 5.75 Å². The Bertz CT molecular complexity index is 148. The molecule has 0 aliphatic heterocycles. The molecule has 0 amide bonds. The Morgan fingerprint density at radius 3 is 2.12 bits per heavy atom. The fourth-order valence-electron chi connectivity index (χ4n) is 0.332. The molecule has 8 heavy (non-hydrogen) atoms. The predicted octanol–water partition coefficient (Wildman–Crippen LogP) is -0.684. The van der Waals surface area contributed by atoms with Crippen molar-refractivity contribution < 1.29 is 13.0 Å². The van der Waals surface area contributed by atoms with Crippen molar-refractivity contribution in [2.45, 2.75) is 10.5 Å². The molecular formula is C3H9BiO3S. The van der Waals surface area contributed by atoms with Crippen molar-refractivity contribution >= 4 is 34.8 Å². The Kier molecular flexibility index (Phi) is 3.39. The first-order valence-electron chi connectivity index (χ1n) is 2.12. The first-order valence-corrected chi connectivity index (χ1v) is 6.32. The number of hydrogen-bond donors (Lipinski definition) is 1. The molecule has 0 aromatic rings. The first kappa shape index (κ1) is 8.79. The van der Waals surface area contributed by atoms with Gasteiger partial charge >= 0.3 is 64.1 Å². The molecule has 0 heterocycles. The molecule has 0 aliphatic carbocycles. The second kappa shape index (κ2) is 3.09. The van der Waals surface area contributed by atoms with Gasteiger partial charge in [-0.1, -0.05) is 0 Å². The fraction of sp³-hybridized carbons (Fsp3) is 1.00. The van der Waals surface area contributed by atoms with Gasteiger partial charge in [0.1, 0.15) is 0 Å². The third-order valence-electron chi connectivity index (χ3n) is 0.474. The maximum absolute atomic E-state index is 10.0. The van der Waals surface area contributed by atoms with Crippen LogP contribution < -0.4 is 0 Å². The van der Waals surface area contributed by atoms with E-state index in [4.69, 9.17) is 4.55 Å². The van der Waals surface area contributed by atoms with Gasteiger partial charge < -0.3 is 0 Å². The molecule has 0 fully saturated rings. The molecule has 0 saturated carbocycles. The zero-order valence-corrected chi connectivity index (χ0v) is 9.84. The van der Waals surface area contributed by atoms with Crippen molar-refractivity contribution in [1.82, 2.24) is 0 Å². The standard InChI is InChI=1S/C3H7O3S.Bi.2H/c1-2-3-7(4,5)6;;;/h2H,3H2,1H3,(H,4,5,6);;;. The zero-order valence-electron chi connectivity index (χ0n) is 4.53. The number of hydrogen-bond acceptors (Lipinski definition) is 2. The van der Waals surface area contributed by atoms with Crippen LogP contribution in [0.15, 0.2) is 0 Å². The van der Waals surface area contributed by atoms with E-state index in [1.807, 2.05) is 0 Å². The van der Waals surface area contributed by atoms with Crippen molar-refractivity contribution in [2.24, 2.45) is 0 Å². The van der Waals surface area contributed by atoms with Crippen molar-refractivity contribution in [3.05, 3.63) is 0 Å². The van der Waals surface area contributed by atoms with Crippen LogP contribution in [0.4, 0.5) is 0 Å². The van der Waals surface area contributed by atoms with E-state index >= 15 is 0 Å². The van der Waals surface area contributed by atoms with E-state index in [0.29, 0.717) is 24.7 Å². The summed E-state index contributed by atoms with van der Waals surface area (Å²) in [6.45, 7) is 1.80. The van der Waals surface area contributed by atoms with Crippen LogP contribution in [0.5, 0.6) is 0 Å². The molecule has 1 unspecified atom stereocenters. The number of rotatable bonds is 2. The van der Waals surface area contributed by atoms with Gasteiger partial charge in [0.05, 0.1) is 0 Å². The molecule has 3 nitrogen and oxygen atoms in total. The van der Waals surface area contributed by atoms with Crippen LogP contribution in [-0.4, -0.2) is 43.4 Å². The Morgan fingerprint density at radius 1 is 1.75 bits per heavy atom. The van der Waals surface area contributed by atoms with E-state index in [2.05, 4.69) is 0 Å². The molecule has 0 radical (unpaired) electrons. The molecule has 0 aromatic carbocycles. The van der Waals surface area contributed by atoms with Crippen LogP contribution in [0.2, 0.25) is 3.63 Å². The van der Waals surface area contributed by atoms with Gasteiger partial charge in [-0.3, -0.25) is 0 Å². The summed E-state index contributed by atoms with van der Waals surface area (Å²) in [4.78, 5) is 0. The third kappa shape index (κ3) is 6.79. The van der Waals surface area contributed by atoms with Crippen molar-refractivity contribution in [1.29, 1.82) is 0 Å². The van der Waals surface area contributed by atoms with Gasteiger partial charge in [-0.05, 0) is 0 Å². The third-order valence-corrected chi connectivity index (χ3v) is 3.66. The molecule has 0 spiro atoms. The molecule has 0 rings (SSSR count). The van der Waals surface area contributed by atoms with Crippen LogP contribution >= 0.6 is 0 Å². The van der Waals surface area contributed by atoms with E-state index in [-0.39, 0.29) is 9.38 Å². The van der Waals surface area contributed by atoms with Crippen LogP contribution in [0.1, 0.15) is 6.92 Å². The van der Waals surface area contributed by atoms with Gasteiger partial charge in [-0.2, -0.15) is 0 Å². The molecule has 0 bridgehead atoms. The minimum atomic E-state index is -3.68. The topological polar surface area (TPSA) is 54.4 Å². The molecule has 50 valence electrons. The summed E-state index contributed by atoms with van der Waals surface area (Å²) in [5.74, 6) is -0.0718. The summed E-state index contributed by atoms with van der Waals surface area (Å²) < 4.78 is 28.4. The molecular weight excluding hydrogens is 325 g/mol. The molecule has 0 aromatic heterocycles. The van der Waals surface area contributed by atoms with Gasteiger partial charge in [-0.15, -0.1) is 0 Å². The van der Waals surface area contributed by atoms with Crippen LogP contribution in [0.25, 0.3) is 0 Å². The summed E-state index contributed by atoms with van der Waals surface area (Å²) in [6, 6.07) is 0. The predicted molar refractivity (Wildman–Crippen MR) is 34.4 cm³/mol. The van der Waals surface area contributed by atoms with E-state index in [1.165, 1.54) is 0 Å². The molecule has 1 atom stereocenters. The fourth-order valence-corrected chi connectivity index (χ4v) is 3.83. The van der Waals surface area contributed by atoms with Crippen LogP contribution in [-0.2, 0) is 10.1 Å². The van der Waals surface area contributed by atoms with Gasteiger partial charge in [0, 0.05) is 0 Å². The first-order chi connectivity index (χ1) is 3.42. The molecule has 5 heteroatoms. The molecule has 0 saturated heterocycles. The Hall–Kier alpha value is 0.793. The van der Waals surface area contributed by atoms with Gasteiger partial charge in [0.15, 0.2) is 0 Å². The van der Waals surface area contributed by atoms with Gasteiger partial charge in [-0.25, -0.2) is 0 Å². The average molecular weight is 334 g/mol. The second-order valence-electron chi connectivity index (χ2n) is 1.73. The van der Waals surface area contributed by atoms with E-state index in [1.54, 1.807) is 6.92 Å². The summed E-state index contributed by atoms with van der Waals surface area (Å²) in [5.41, 5.74) is 0. The van der Waals surface area contributed by atoms with E-state index in [9.17, 15) is 8.42 Å². The average Bonchev–Trinajstić information content (AvgIpc) is 1.21. The monoisotopic (exact) mass is 334 g/mol. The van der Waals surface area contributed by atoms with Crippen molar-refractivity contribution in [3.8, 4) is 0 Å². The summed E-state index contributed by atoms with van der Waals surface area (Å²) in [5, 5.41) is 0. The summed E-state index contributed by atoms with van der Waals surface area (Å²) in [6.07, 6.45) is 0. The van der Waals surface area contributed by atoms with Crippen LogP contribution in [0.3, 0.4) is 0 Å². The zero-order chi connectivity index (χ0) is 6.78. The Labute approximate surface area is 64.1 Å². The SMILES string of the molecule is C[CH]([BiH2])CS(=O)(=O)O.